The van der Waals surface area contributed by atoms with Crippen LogP contribution in [0, 0.1) is 11.8 Å². The molecule has 0 radical (unpaired) electrons. The number of quaternary nitrogens is 1. The van der Waals surface area contributed by atoms with Gasteiger partial charge in [0.1, 0.15) is 30.4 Å². The minimum Gasteiger partial charge on any atom is -0.477 e. The molecule has 3 rings (SSSR count). The van der Waals surface area contributed by atoms with Crippen molar-refractivity contribution >= 4 is 40.8 Å². The zero-order chi connectivity index (χ0) is 25.1. The number of hydrogen-bond acceptors (Lipinski definition) is 6. The summed E-state index contributed by atoms with van der Waals surface area (Å²) >= 11 is 0. The Morgan fingerprint density at radius 2 is 1.94 bits per heavy atom. The molecule has 9 heteroatoms. The molecular formula is C27H41BrN3O5+. The molecule has 1 aromatic carbocycles. The molecular weight excluding hydrogens is 526 g/mol. The van der Waals surface area contributed by atoms with Crippen molar-refractivity contribution in [2.24, 2.45) is 11.8 Å². The second-order valence-electron chi connectivity index (χ2n) is 9.54. The first-order valence-electron chi connectivity index (χ1n) is 12.9. The highest BCUT2D eigenvalue weighted by Gasteiger charge is 2.45. The fraction of sp³-hybridized carbons (Fsp3) is 0.593. The van der Waals surface area contributed by atoms with Crippen LogP contribution >= 0.6 is 17.0 Å². The normalized spacial score (nSPS) is 24.4. The Kier molecular flexibility index (Phi) is 12.9. The summed E-state index contributed by atoms with van der Waals surface area (Å²) in [6.45, 7) is 3.99. The average molecular weight is 568 g/mol. The van der Waals surface area contributed by atoms with Gasteiger partial charge in [0.15, 0.2) is 6.54 Å². The van der Waals surface area contributed by atoms with E-state index >= 15 is 0 Å². The van der Waals surface area contributed by atoms with Crippen molar-refractivity contribution in [1.82, 2.24) is 15.1 Å². The van der Waals surface area contributed by atoms with E-state index in [2.05, 4.69) is 10.6 Å². The molecule has 200 valence electrons. The van der Waals surface area contributed by atoms with E-state index in [1.54, 1.807) is 18.3 Å². The smallest absolute Gasteiger partial charge is 0.360 e. The molecule has 36 heavy (non-hydrogen) atoms. The van der Waals surface area contributed by atoms with E-state index < -0.39 is 12.0 Å². The molecule has 1 amide bonds. The number of halogens is 1. The van der Waals surface area contributed by atoms with E-state index in [9.17, 15) is 19.5 Å². The Balaban J connectivity index is 0.00000456. The highest BCUT2D eigenvalue weighted by Crippen LogP contribution is 2.29. The van der Waals surface area contributed by atoms with Gasteiger partial charge in [0.2, 0.25) is 0 Å². The summed E-state index contributed by atoms with van der Waals surface area (Å²) in [5.74, 6) is -0.744. The molecule has 0 unspecified atom stereocenters. The van der Waals surface area contributed by atoms with Crippen LogP contribution in [0.5, 0.6) is 0 Å². The lowest BCUT2D eigenvalue weighted by Crippen LogP contribution is -2.60. The van der Waals surface area contributed by atoms with Crippen LogP contribution in [-0.4, -0.2) is 61.8 Å². The van der Waals surface area contributed by atoms with E-state index in [0.717, 1.165) is 45.1 Å². The van der Waals surface area contributed by atoms with Crippen LogP contribution in [0.25, 0.3) is 0 Å². The summed E-state index contributed by atoms with van der Waals surface area (Å²) in [6, 6.07) is 8.54. The van der Waals surface area contributed by atoms with Crippen molar-refractivity contribution in [2.45, 2.75) is 64.1 Å². The topological polar surface area (TPSA) is 105 Å². The van der Waals surface area contributed by atoms with E-state index in [4.69, 9.17) is 4.74 Å². The van der Waals surface area contributed by atoms with Gasteiger partial charge < -0.3 is 20.0 Å². The van der Waals surface area contributed by atoms with Crippen molar-refractivity contribution in [2.75, 3.05) is 26.2 Å². The Morgan fingerprint density at radius 1 is 1.22 bits per heavy atom. The van der Waals surface area contributed by atoms with Crippen molar-refractivity contribution < 1.29 is 24.2 Å². The molecule has 0 spiro atoms. The molecule has 2 heterocycles. The van der Waals surface area contributed by atoms with E-state index in [1.165, 1.54) is 0 Å². The predicted molar refractivity (Wildman–Crippen MR) is 146 cm³/mol. The largest absolute Gasteiger partial charge is 0.477 e. The molecule has 0 aromatic heterocycles. The predicted octanol–water partition coefficient (Wildman–Crippen LogP) is 3.80. The van der Waals surface area contributed by atoms with Gasteiger partial charge in [-0.05, 0) is 77.0 Å². The molecule has 3 N–H and O–H groups in total. The van der Waals surface area contributed by atoms with Crippen LogP contribution in [0.3, 0.4) is 0 Å². The van der Waals surface area contributed by atoms with Gasteiger partial charge in [0.05, 0.1) is 0 Å². The van der Waals surface area contributed by atoms with Gasteiger partial charge in [-0.15, -0.1) is 17.0 Å². The monoisotopic (exact) mass is 566 g/mol. The minimum absolute atomic E-state index is 0. The van der Waals surface area contributed by atoms with Crippen LogP contribution in [0.4, 0.5) is 5.69 Å². The fourth-order valence-electron chi connectivity index (χ4n) is 5.36. The Hall–Kier alpha value is -1.91. The van der Waals surface area contributed by atoms with Crippen molar-refractivity contribution in [3.8, 4) is 0 Å². The fourth-order valence-corrected chi connectivity index (χ4v) is 5.36. The summed E-state index contributed by atoms with van der Waals surface area (Å²) in [4.78, 5) is 37.4. The molecule has 1 aromatic rings. The number of carbonyl (C=O) groups excluding carboxylic acids is 2. The zero-order valence-electron chi connectivity index (χ0n) is 21.1. The molecule has 0 bridgehead atoms. The third-order valence-corrected chi connectivity index (χ3v) is 7.20. The molecule has 8 nitrogen and oxygen atoms in total. The molecule has 1 saturated heterocycles. The SMILES string of the molecule is Br.CCO[C@@H](CCC[C@H](C=O)C1CCNCC1)N[C@H]1CCC=C[N@@+](CC(=O)O)(c2ccccc2)C1=O. The third-order valence-electron chi connectivity index (χ3n) is 7.20. The van der Waals surface area contributed by atoms with Gasteiger partial charge in [-0.25, -0.2) is 9.59 Å². The average Bonchev–Trinajstić information content (AvgIpc) is 3.02. The van der Waals surface area contributed by atoms with E-state index in [1.807, 2.05) is 31.2 Å². The molecule has 0 saturated carbocycles. The van der Waals surface area contributed by atoms with Crippen molar-refractivity contribution in [3.63, 3.8) is 0 Å². The van der Waals surface area contributed by atoms with Crippen LogP contribution in [0.1, 0.15) is 51.9 Å². The second-order valence-corrected chi connectivity index (χ2v) is 9.54. The summed E-state index contributed by atoms with van der Waals surface area (Å²) in [6.07, 6.45) is 9.99. The highest BCUT2D eigenvalue weighted by molar-refractivity contribution is 8.93. The number of carboxylic acid groups (broad SMARTS) is 1. The lowest BCUT2D eigenvalue weighted by molar-refractivity contribution is -0.143. The molecule has 4 atom stereocenters. The summed E-state index contributed by atoms with van der Waals surface area (Å²) in [7, 11) is 0. The number of aliphatic carboxylic acids is 1. The molecule has 0 aliphatic carbocycles. The number of carboxylic acids is 1. The number of piperidine rings is 1. The summed E-state index contributed by atoms with van der Waals surface area (Å²) in [5.41, 5.74) is 0.633. The van der Waals surface area contributed by atoms with Gasteiger partial charge in [0.25, 0.3) is 0 Å². The summed E-state index contributed by atoms with van der Waals surface area (Å²) in [5, 5.41) is 16.4. The number of ether oxygens (including phenoxy) is 1. The maximum absolute atomic E-state index is 13.9. The van der Waals surface area contributed by atoms with Crippen LogP contribution in [0.15, 0.2) is 42.6 Å². The molecule has 2 aliphatic heterocycles. The van der Waals surface area contributed by atoms with Gasteiger partial charge >= 0.3 is 11.9 Å². The maximum atomic E-state index is 13.9. The first-order chi connectivity index (χ1) is 17.0. The van der Waals surface area contributed by atoms with Crippen molar-refractivity contribution in [1.29, 1.82) is 0 Å². The first kappa shape index (κ1) is 30.3. The second kappa shape index (κ2) is 15.4. The Bertz CT molecular complexity index is 862. The number of para-hydroxylation sites is 1. The number of amides is 1. The third kappa shape index (κ3) is 8.05. The number of hydrogen-bond donors (Lipinski definition) is 3. The zero-order valence-corrected chi connectivity index (χ0v) is 22.9. The minimum atomic E-state index is -1.04. The number of nitrogens with zero attached hydrogens (tertiary/aromatic N) is 1. The van der Waals surface area contributed by atoms with E-state index in [-0.39, 0.29) is 46.1 Å². The summed E-state index contributed by atoms with van der Waals surface area (Å²) < 4.78 is 5.58. The van der Waals surface area contributed by atoms with Crippen LogP contribution in [-0.2, 0) is 19.1 Å². The highest BCUT2D eigenvalue weighted by atomic mass is 79.9. The van der Waals surface area contributed by atoms with Crippen molar-refractivity contribution in [3.05, 3.63) is 42.6 Å². The Labute approximate surface area is 224 Å². The molecule has 1 fully saturated rings. The number of allylic oxidation sites excluding steroid dienone is 1. The van der Waals surface area contributed by atoms with Crippen LogP contribution in [0.2, 0.25) is 0 Å². The number of aldehydes is 1. The number of rotatable bonds is 13. The van der Waals surface area contributed by atoms with Gasteiger partial charge in [-0.3, -0.25) is 5.32 Å². The lowest BCUT2D eigenvalue weighted by Gasteiger charge is -2.33. The number of carbonyl (C=O) groups is 3. The van der Waals surface area contributed by atoms with E-state index in [0.29, 0.717) is 37.5 Å². The lowest BCUT2D eigenvalue weighted by atomic mass is 9.83. The van der Waals surface area contributed by atoms with Gasteiger partial charge in [0, 0.05) is 24.7 Å². The number of nitrogens with one attached hydrogen (secondary N) is 2. The standard InChI is InChI=1S/C27H39N3O5.BrH/c1-2-35-25(13-8-9-22(20-31)21-14-16-28-17-15-21)29-24-12-6-7-18-30(27(24)34,19-26(32)33)23-10-4-3-5-11-23;/h3-5,7,10-11,18,20-22,24-25,28-29H,2,6,8-9,12-17,19H2,1H3;1H/p+1/t22-,24+,25+,30-;/m1./s1. The number of benzene rings is 1. The quantitative estimate of drug-likeness (QED) is 0.189. The van der Waals surface area contributed by atoms with Crippen LogP contribution < -0.4 is 15.1 Å². The maximum Gasteiger partial charge on any atom is 0.360 e. The van der Waals surface area contributed by atoms with Gasteiger partial charge in [-0.2, -0.15) is 4.48 Å². The first-order valence-corrected chi connectivity index (χ1v) is 12.9. The Morgan fingerprint density at radius 3 is 2.58 bits per heavy atom. The van der Waals surface area contributed by atoms with Gasteiger partial charge in [-0.1, -0.05) is 18.2 Å². The molecule has 2 aliphatic rings.